The first-order valence-electron chi connectivity index (χ1n) is 6.19. The molecule has 5 heteroatoms. The Morgan fingerprint density at radius 2 is 2.25 bits per heavy atom. The summed E-state index contributed by atoms with van der Waals surface area (Å²) in [6.45, 7) is 7.31. The molecule has 2 N–H and O–H groups in total. The van der Waals surface area contributed by atoms with Crippen LogP contribution in [0.5, 0.6) is 0 Å². The molecule has 4 nitrogen and oxygen atoms in total. The monoisotopic (exact) mass is 274 g/mol. The van der Waals surface area contributed by atoms with Crippen molar-refractivity contribution in [3.05, 3.63) is 53.3 Å². The quantitative estimate of drug-likeness (QED) is 0.662. The van der Waals surface area contributed by atoms with E-state index < -0.39 is 5.83 Å². The maximum Gasteiger partial charge on any atom is 0.160 e. The van der Waals surface area contributed by atoms with Gasteiger partial charge in [0.05, 0.1) is 5.69 Å². The van der Waals surface area contributed by atoms with E-state index in [-0.39, 0.29) is 5.84 Å². The number of nitrogens with two attached hydrogens (primary N) is 1. The Kier molecular flexibility index (Phi) is 5.77. The van der Waals surface area contributed by atoms with Gasteiger partial charge >= 0.3 is 0 Å². The summed E-state index contributed by atoms with van der Waals surface area (Å²) in [5, 5.41) is 0. The number of rotatable bonds is 5. The molecule has 0 saturated heterocycles. The lowest BCUT2D eigenvalue weighted by Gasteiger charge is -2.07. The molecule has 0 spiro atoms. The molecule has 1 aromatic heterocycles. The van der Waals surface area contributed by atoms with Crippen LogP contribution in [0.4, 0.5) is 4.39 Å². The lowest BCUT2D eigenvalue weighted by atomic mass is 10.1. The molecular weight excluding hydrogens is 255 g/mol. The molecule has 0 aromatic carbocycles. The summed E-state index contributed by atoms with van der Waals surface area (Å²) in [6.07, 6.45) is 5.13. The minimum Gasteiger partial charge on any atom is -0.381 e. The maximum absolute atomic E-state index is 13.2. The Morgan fingerprint density at radius 3 is 2.85 bits per heavy atom. The third-order valence-electron chi connectivity index (χ3n) is 2.56. The third-order valence-corrected chi connectivity index (χ3v) is 2.56. The number of allylic oxidation sites excluding steroid dienone is 2. The Hall–Kier alpha value is -2.30. The standard InChI is InChI=1S/C15H19FN4/c1-5-13(16)15(17)20-11(3)7-12-6-10(2)8-19-14(12)9-18-4/h5-6,8-9H,3,7H2,1-2,4H3,(H2,17,20)/b13-5+,18-9-. The van der Waals surface area contributed by atoms with Crippen LogP contribution in [0.25, 0.3) is 0 Å². The molecule has 0 atom stereocenters. The molecule has 0 aliphatic heterocycles. The normalized spacial score (nSPS) is 13.0. The van der Waals surface area contributed by atoms with Gasteiger partial charge in [0.25, 0.3) is 0 Å². The second-order valence-corrected chi connectivity index (χ2v) is 4.32. The average molecular weight is 274 g/mol. The van der Waals surface area contributed by atoms with Crippen molar-refractivity contribution in [1.29, 1.82) is 0 Å². The number of halogens is 1. The highest BCUT2D eigenvalue weighted by Gasteiger charge is 2.06. The lowest BCUT2D eigenvalue weighted by molar-refractivity contribution is 0.676. The molecule has 0 amide bonds. The zero-order valence-electron chi connectivity index (χ0n) is 12.0. The fourth-order valence-electron chi connectivity index (χ4n) is 1.65. The first-order chi connectivity index (χ1) is 9.47. The van der Waals surface area contributed by atoms with Crippen LogP contribution in [0, 0.1) is 6.92 Å². The minimum atomic E-state index is -0.552. The highest BCUT2D eigenvalue weighted by atomic mass is 19.1. The van der Waals surface area contributed by atoms with Crippen LogP contribution >= 0.6 is 0 Å². The fourth-order valence-corrected chi connectivity index (χ4v) is 1.65. The van der Waals surface area contributed by atoms with Gasteiger partial charge in [-0.2, -0.15) is 0 Å². The van der Waals surface area contributed by atoms with E-state index in [0.717, 1.165) is 16.8 Å². The highest BCUT2D eigenvalue weighted by molar-refractivity contribution is 5.95. The van der Waals surface area contributed by atoms with E-state index in [4.69, 9.17) is 5.73 Å². The van der Waals surface area contributed by atoms with E-state index >= 15 is 0 Å². The Balaban J connectivity index is 2.99. The molecule has 1 rings (SSSR count). The SMILES string of the molecule is C=C(Cc1cc(C)cnc1/C=N\C)/N=C(N)\C(F)=C/C. The molecule has 0 unspecified atom stereocenters. The second-order valence-electron chi connectivity index (χ2n) is 4.32. The first kappa shape index (κ1) is 15.8. The van der Waals surface area contributed by atoms with E-state index in [1.807, 2.05) is 13.0 Å². The Labute approximate surface area is 118 Å². The summed E-state index contributed by atoms with van der Waals surface area (Å²) in [5.74, 6) is -0.715. The summed E-state index contributed by atoms with van der Waals surface area (Å²) in [4.78, 5) is 12.2. The van der Waals surface area contributed by atoms with Gasteiger partial charge in [0.1, 0.15) is 0 Å². The van der Waals surface area contributed by atoms with Crippen molar-refractivity contribution in [1.82, 2.24) is 4.98 Å². The third kappa shape index (κ3) is 4.42. The Morgan fingerprint density at radius 1 is 1.55 bits per heavy atom. The van der Waals surface area contributed by atoms with Crippen molar-refractivity contribution in [2.24, 2.45) is 15.7 Å². The van der Waals surface area contributed by atoms with E-state index in [2.05, 4.69) is 21.5 Å². The minimum absolute atomic E-state index is 0.163. The average Bonchev–Trinajstić information content (AvgIpc) is 2.40. The van der Waals surface area contributed by atoms with Gasteiger partial charge < -0.3 is 5.73 Å². The van der Waals surface area contributed by atoms with Gasteiger partial charge in [0.15, 0.2) is 11.7 Å². The van der Waals surface area contributed by atoms with Gasteiger partial charge in [0, 0.05) is 31.6 Å². The summed E-state index contributed by atoms with van der Waals surface area (Å²) < 4.78 is 13.2. The molecule has 0 radical (unpaired) electrons. The molecule has 0 fully saturated rings. The molecule has 106 valence electrons. The lowest BCUT2D eigenvalue weighted by Crippen LogP contribution is -2.13. The van der Waals surface area contributed by atoms with Crippen molar-refractivity contribution in [2.75, 3.05) is 7.05 Å². The highest BCUT2D eigenvalue weighted by Crippen LogP contribution is 2.13. The Bertz CT molecular complexity index is 586. The van der Waals surface area contributed by atoms with Gasteiger partial charge in [-0.15, -0.1) is 0 Å². The molecule has 1 heterocycles. The summed E-state index contributed by atoms with van der Waals surface area (Å²) >= 11 is 0. The number of pyridine rings is 1. The van der Waals surface area contributed by atoms with E-state index in [1.54, 1.807) is 26.4 Å². The van der Waals surface area contributed by atoms with Gasteiger partial charge in [0.2, 0.25) is 0 Å². The van der Waals surface area contributed by atoms with Crippen molar-refractivity contribution < 1.29 is 4.39 Å². The number of hydrogen-bond acceptors (Lipinski definition) is 3. The van der Waals surface area contributed by atoms with Crippen LogP contribution in [-0.2, 0) is 6.42 Å². The maximum atomic E-state index is 13.2. The number of amidine groups is 1. The second kappa shape index (κ2) is 7.33. The molecule has 0 bridgehead atoms. The molecule has 0 aliphatic carbocycles. The number of aryl methyl sites for hydroxylation is 1. The predicted molar refractivity (Wildman–Crippen MR) is 81.8 cm³/mol. The van der Waals surface area contributed by atoms with Gasteiger partial charge in [-0.25, -0.2) is 9.38 Å². The van der Waals surface area contributed by atoms with Crippen LogP contribution in [0.3, 0.4) is 0 Å². The molecule has 0 aliphatic rings. The molecular formula is C15H19FN4. The van der Waals surface area contributed by atoms with Gasteiger partial charge in [-0.1, -0.05) is 12.6 Å². The molecule has 20 heavy (non-hydrogen) atoms. The summed E-state index contributed by atoms with van der Waals surface area (Å²) in [6, 6.07) is 1.98. The van der Waals surface area contributed by atoms with Crippen molar-refractivity contribution in [3.8, 4) is 0 Å². The van der Waals surface area contributed by atoms with Crippen molar-refractivity contribution >= 4 is 12.1 Å². The topological polar surface area (TPSA) is 63.6 Å². The summed E-state index contributed by atoms with van der Waals surface area (Å²) in [7, 11) is 1.68. The number of hydrogen-bond donors (Lipinski definition) is 1. The number of nitrogens with zero attached hydrogens (tertiary/aromatic N) is 3. The summed E-state index contributed by atoms with van der Waals surface area (Å²) in [5.41, 5.74) is 8.69. The van der Waals surface area contributed by atoms with Crippen LogP contribution in [-0.4, -0.2) is 24.1 Å². The van der Waals surface area contributed by atoms with Crippen molar-refractivity contribution in [3.63, 3.8) is 0 Å². The van der Waals surface area contributed by atoms with Crippen LogP contribution in [0.15, 0.2) is 46.4 Å². The van der Waals surface area contributed by atoms with E-state index in [0.29, 0.717) is 12.1 Å². The van der Waals surface area contributed by atoms with E-state index in [1.165, 1.54) is 6.08 Å². The van der Waals surface area contributed by atoms with Crippen LogP contribution < -0.4 is 5.73 Å². The smallest absolute Gasteiger partial charge is 0.160 e. The molecule has 1 aromatic rings. The van der Waals surface area contributed by atoms with Crippen molar-refractivity contribution in [2.45, 2.75) is 20.3 Å². The zero-order valence-corrected chi connectivity index (χ0v) is 12.0. The zero-order chi connectivity index (χ0) is 15.1. The predicted octanol–water partition coefficient (Wildman–Crippen LogP) is 2.73. The molecule has 0 saturated carbocycles. The van der Waals surface area contributed by atoms with Gasteiger partial charge in [-0.3, -0.25) is 9.98 Å². The fraction of sp³-hybridized carbons (Fsp3) is 0.267. The van der Waals surface area contributed by atoms with Crippen LogP contribution in [0.1, 0.15) is 23.7 Å². The van der Waals surface area contributed by atoms with Gasteiger partial charge in [-0.05, 0) is 31.1 Å². The largest absolute Gasteiger partial charge is 0.381 e. The number of aromatic nitrogens is 1. The van der Waals surface area contributed by atoms with E-state index in [9.17, 15) is 4.39 Å². The van der Waals surface area contributed by atoms with Crippen LogP contribution in [0.2, 0.25) is 0 Å². The number of aliphatic imine (C=N–C) groups is 2. The first-order valence-corrected chi connectivity index (χ1v) is 6.19.